The van der Waals surface area contributed by atoms with Crippen LogP contribution in [0, 0.1) is 5.92 Å². The van der Waals surface area contributed by atoms with Crippen molar-refractivity contribution in [2.75, 3.05) is 25.4 Å². The van der Waals surface area contributed by atoms with E-state index in [1.54, 1.807) is 11.2 Å². The highest BCUT2D eigenvalue weighted by molar-refractivity contribution is 7.89. The summed E-state index contributed by atoms with van der Waals surface area (Å²) in [5, 5.41) is 3.19. The molecule has 1 aromatic carbocycles. The number of sulfonamides is 1. The molecule has 5 nitrogen and oxygen atoms in total. The molecule has 29 heavy (non-hydrogen) atoms. The standard InChI is InChI=1S/C23H36N2O3S/c1-2-29(27,28)25-18-15-23(16-19-25,21-13-7-4-8-14-21)22(26)24-17-9-12-20-10-5-3-6-11-20/h4,7-8,13-14,20H,2-3,5-6,9-12,15-19H2,1H3,(H,24,26). The number of rotatable bonds is 8. The van der Waals surface area contributed by atoms with Crippen LogP contribution in [0.3, 0.4) is 0 Å². The molecule has 1 heterocycles. The molecule has 1 aliphatic carbocycles. The normalized spacial score (nSPS) is 21.0. The van der Waals surface area contributed by atoms with Crippen molar-refractivity contribution >= 4 is 15.9 Å². The average molecular weight is 421 g/mol. The van der Waals surface area contributed by atoms with Crippen LogP contribution in [0.15, 0.2) is 30.3 Å². The van der Waals surface area contributed by atoms with Crippen molar-refractivity contribution in [1.29, 1.82) is 0 Å². The average Bonchev–Trinajstić information content (AvgIpc) is 2.78. The number of amides is 1. The fourth-order valence-electron chi connectivity index (χ4n) is 4.97. The van der Waals surface area contributed by atoms with E-state index < -0.39 is 15.4 Å². The molecule has 1 aliphatic heterocycles. The molecule has 1 amide bonds. The molecule has 3 rings (SSSR count). The summed E-state index contributed by atoms with van der Waals surface area (Å²) in [5.41, 5.74) is 0.365. The highest BCUT2D eigenvalue weighted by Gasteiger charge is 2.44. The summed E-state index contributed by atoms with van der Waals surface area (Å²) in [5.74, 6) is 0.991. The van der Waals surface area contributed by atoms with Crippen LogP contribution in [0.2, 0.25) is 0 Å². The topological polar surface area (TPSA) is 66.5 Å². The zero-order valence-corrected chi connectivity index (χ0v) is 18.6. The first kappa shape index (κ1) is 22.3. The van der Waals surface area contributed by atoms with Gasteiger partial charge in [0.25, 0.3) is 0 Å². The summed E-state index contributed by atoms with van der Waals surface area (Å²) in [7, 11) is -3.21. The second-order valence-corrected chi connectivity index (χ2v) is 10.9. The first-order chi connectivity index (χ1) is 14.0. The van der Waals surface area contributed by atoms with Gasteiger partial charge in [-0.2, -0.15) is 0 Å². The minimum atomic E-state index is -3.21. The molecule has 1 aromatic rings. The number of hydrogen-bond donors (Lipinski definition) is 1. The van der Waals surface area contributed by atoms with Gasteiger partial charge in [0, 0.05) is 19.6 Å². The summed E-state index contributed by atoms with van der Waals surface area (Å²) in [4.78, 5) is 13.3. The SMILES string of the molecule is CCS(=O)(=O)N1CCC(C(=O)NCCCC2CCCCC2)(c2ccccc2)CC1. The monoisotopic (exact) mass is 420 g/mol. The van der Waals surface area contributed by atoms with E-state index in [2.05, 4.69) is 5.32 Å². The second-order valence-electron chi connectivity index (χ2n) is 8.65. The van der Waals surface area contributed by atoms with Crippen LogP contribution in [0.5, 0.6) is 0 Å². The Morgan fingerprint density at radius 1 is 1.10 bits per heavy atom. The first-order valence-electron chi connectivity index (χ1n) is 11.3. The van der Waals surface area contributed by atoms with Gasteiger partial charge >= 0.3 is 0 Å². The Balaban J connectivity index is 1.62. The predicted octanol–water partition coefficient (Wildman–Crippen LogP) is 3.85. The number of hydrogen-bond acceptors (Lipinski definition) is 3. The number of carbonyl (C=O) groups is 1. The molecule has 6 heteroatoms. The third kappa shape index (κ3) is 5.40. The molecular weight excluding hydrogens is 384 g/mol. The smallest absolute Gasteiger partial charge is 0.230 e. The summed E-state index contributed by atoms with van der Waals surface area (Å²) < 4.78 is 26.1. The van der Waals surface area contributed by atoms with Crippen molar-refractivity contribution in [3.05, 3.63) is 35.9 Å². The molecule has 1 saturated carbocycles. The maximum atomic E-state index is 13.3. The summed E-state index contributed by atoms with van der Waals surface area (Å²) in [6, 6.07) is 9.89. The van der Waals surface area contributed by atoms with Crippen LogP contribution in [0.4, 0.5) is 0 Å². The van der Waals surface area contributed by atoms with Crippen molar-refractivity contribution in [3.8, 4) is 0 Å². The van der Waals surface area contributed by atoms with E-state index in [0.717, 1.165) is 17.9 Å². The van der Waals surface area contributed by atoms with E-state index in [4.69, 9.17) is 0 Å². The lowest BCUT2D eigenvalue weighted by Crippen LogP contribution is -2.53. The van der Waals surface area contributed by atoms with Crippen LogP contribution in [-0.4, -0.2) is 44.0 Å². The van der Waals surface area contributed by atoms with Crippen molar-refractivity contribution in [1.82, 2.24) is 9.62 Å². The Morgan fingerprint density at radius 2 is 1.76 bits per heavy atom. The maximum absolute atomic E-state index is 13.3. The lowest BCUT2D eigenvalue weighted by atomic mass is 9.72. The van der Waals surface area contributed by atoms with Gasteiger partial charge < -0.3 is 5.32 Å². The van der Waals surface area contributed by atoms with Gasteiger partial charge in [-0.05, 0) is 44.1 Å². The Labute approximate surface area is 176 Å². The number of carbonyl (C=O) groups excluding carboxylic acids is 1. The van der Waals surface area contributed by atoms with Crippen LogP contribution in [0.1, 0.15) is 70.3 Å². The molecule has 0 bridgehead atoms. The summed E-state index contributed by atoms with van der Waals surface area (Å²) in [6.07, 6.45) is 10.0. The zero-order valence-electron chi connectivity index (χ0n) is 17.7. The zero-order chi connectivity index (χ0) is 20.7. The molecule has 0 radical (unpaired) electrons. The number of benzene rings is 1. The maximum Gasteiger partial charge on any atom is 0.230 e. The van der Waals surface area contributed by atoms with Crippen molar-refractivity contribution in [3.63, 3.8) is 0 Å². The Kier molecular flexibility index (Phi) is 7.74. The van der Waals surface area contributed by atoms with Gasteiger partial charge in [-0.15, -0.1) is 0 Å². The van der Waals surface area contributed by atoms with Gasteiger partial charge in [0.2, 0.25) is 15.9 Å². The van der Waals surface area contributed by atoms with E-state index >= 15 is 0 Å². The number of nitrogens with zero attached hydrogens (tertiary/aromatic N) is 1. The van der Waals surface area contributed by atoms with Crippen molar-refractivity contribution in [2.45, 2.75) is 70.1 Å². The molecule has 162 valence electrons. The van der Waals surface area contributed by atoms with Crippen molar-refractivity contribution < 1.29 is 13.2 Å². The fraction of sp³-hybridized carbons (Fsp3) is 0.696. The number of nitrogens with one attached hydrogen (secondary N) is 1. The lowest BCUT2D eigenvalue weighted by Gasteiger charge is -2.40. The van der Waals surface area contributed by atoms with E-state index in [9.17, 15) is 13.2 Å². The summed E-state index contributed by atoms with van der Waals surface area (Å²) in [6.45, 7) is 3.19. The third-order valence-electron chi connectivity index (χ3n) is 6.89. The second kappa shape index (κ2) is 10.1. The van der Waals surface area contributed by atoms with Crippen LogP contribution < -0.4 is 5.32 Å². The van der Waals surface area contributed by atoms with E-state index in [1.807, 2.05) is 30.3 Å². The van der Waals surface area contributed by atoms with E-state index in [0.29, 0.717) is 32.5 Å². The van der Waals surface area contributed by atoms with Gasteiger partial charge in [-0.25, -0.2) is 12.7 Å². The Morgan fingerprint density at radius 3 is 2.38 bits per heavy atom. The highest BCUT2D eigenvalue weighted by Crippen LogP contribution is 2.37. The molecule has 1 N–H and O–H groups in total. The predicted molar refractivity (Wildman–Crippen MR) is 117 cm³/mol. The largest absolute Gasteiger partial charge is 0.355 e. The van der Waals surface area contributed by atoms with Gasteiger partial charge in [-0.3, -0.25) is 4.79 Å². The van der Waals surface area contributed by atoms with Crippen LogP contribution in [-0.2, 0) is 20.2 Å². The van der Waals surface area contributed by atoms with Gasteiger partial charge in [-0.1, -0.05) is 62.4 Å². The summed E-state index contributed by atoms with van der Waals surface area (Å²) >= 11 is 0. The lowest BCUT2D eigenvalue weighted by molar-refractivity contribution is -0.128. The minimum absolute atomic E-state index is 0.0564. The molecule has 0 spiro atoms. The van der Waals surface area contributed by atoms with E-state index in [1.165, 1.54) is 38.5 Å². The molecule has 2 fully saturated rings. The van der Waals surface area contributed by atoms with E-state index in [-0.39, 0.29) is 11.7 Å². The highest BCUT2D eigenvalue weighted by atomic mass is 32.2. The van der Waals surface area contributed by atoms with Crippen molar-refractivity contribution in [2.24, 2.45) is 5.92 Å². The van der Waals surface area contributed by atoms with Crippen LogP contribution in [0.25, 0.3) is 0 Å². The van der Waals surface area contributed by atoms with Gasteiger partial charge in [0.05, 0.1) is 11.2 Å². The van der Waals surface area contributed by atoms with Crippen LogP contribution >= 0.6 is 0 Å². The molecule has 0 atom stereocenters. The number of piperidine rings is 1. The minimum Gasteiger partial charge on any atom is -0.355 e. The molecule has 2 aliphatic rings. The Hall–Kier alpha value is -1.40. The molecule has 0 unspecified atom stereocenters. The Bertz CT molecular complexity index is 750. The first-order valence-corrected chi connectivity index (χ1v) is 12.9. The van der Waals surface area contributed by atoms with Gasteiger partial charge in [0.15, 0.2) is 0 Å². The molecule has 1 saturated heterocycles. The quantitative estimate of drug-likeness (QED) is 0.650. The van der Waals surface area contributed by atoms with Gasteiger partial charge in [0.1, 0.15) is 0 Å². The third-order valence-corrected chi connectivity index (χ3v) is 8.78. The molecular formula is C23H36N2O3S. The molecule has 0 aromatic heterocycles. The fourth-order valence-corrected chi connectivity index (χ4v) is 6.07.